The molecule has 88 valence electrons. The molecular weight excluding hydrogens is 214 g/mol. The molecule has 0 atom stereocenters. The molecule has 1 aromatic heterocycles. The molecule has 1 rings (SSSR count). The number of nitrogens with two attached hydrogens (primary N) is 1. The molecule has 1 aromatic rings. The molecule has 0 fully saturated rings. The van der Waals surface area contributed by atoms with Crippen LogP contribution in [0.5, 0.6) is 0 Å². The summed E-state index contributed by atoms with van der Waals surface area (Å²) in [5.74, 6) is -2.79. The van der Waals surface area contributed by atoms with Crippen LogP contribution in [0.3, 0.4) is 0 Å². The van der Waals surface area contributed by atoms with Crippen molar-refractivity contribution in [2.45, 2.75) is 19.8 Å². The number of hydrogen-bond acceptors (Lipinski definition) is 3. The average Bonchev–Trinajstić information content (AvgIpc) is 2.16. The zero-order chi connectivity index (χ0) is 12.3. The summed E-state index contributed by atoms with van der Waals surface area (Å²) in [4.78, 5) is 3.76. The normalized spacial score (nSPS) is 11.2. The van der Waals surface area contributed by atoms with Crippen molar-refractivity contribution in [3.8, 4) is 0 Å². The SMILES string of the molecule is C=C(OCC)c1cnc(N)cc1C(C)(F)F. The Hall–Kier alpha value is -1.65. The van der Waals surface area contributed by atoms with Crippen LogP contribution < -0.4 is 5.73 Å². The van der Waals surface area contributed by atoms with Crippen molar-refractivity contribution in [1.29, 1.82) is 0 Å². The van der Waals surface area contributed by atoms with Gasteiger partial charge < -0.3 is 10.5 Å². The molecule has 2 N–H and O–H groups in total. The molecule has 0 spiro atoms. The number of ether oxygens (including phenoxy) is 1. The lowest BCUT2D eigenvalue weighted by molar-refractivity contribution is 0.0168. The van der Waals surface area contributed by atoms with Crippen LogP contribution >= 0.6 is 0 Å². The van der Waals surface area contributed by atoms with Crippen LogP contribution in [0.25, 0.3) is 5.76 Å². The van der Waals surface area contributed by atoms with Crippen LogP contribution in [-0.4, -0.2) is 11.6 Å². The Morgan fingerprint density at radius 2 is 2.25 bits per heavy atom. The van der Waals surface area contributed by atoms with E-state index in [0.29, 0.717) is 6.61 Å². The minimum absolute atomic E-state index is 0.0459. The van der Waals surface area contributed by atoms with Crippen molar-refractivity contribution in [1.82, 2.24) is 4.98 Å². The summed E-state index contributed by atoms with van der Waals surface area (Å²) in [6, 6.07) is 1.14. The number of aromatic nitrogens is 1. The molecule has 0 radical (unpaired) electrons. The Labute approximate surface area is 92.9 Å². The summed E-state index contributed by atoms with van der Waals surface area (Å²) in [6.45, 7) is 6.49. The van der Waals surface area contributed by atoms with Gasteiger partial charge in [-0.1, -0.05) is 6.58 Å². The van der Waals surface area contributed by atoms with Crippen LogP contribution in [0, 0.1) is 0 Å². The zero-order valence-corrected chi connectivity index (χ0v) is 9.26. The Morgan fingerprint density at radius 1 is 1.62 bits per heavy atom. The molecule has 0 aromatic carbocycles. The second kappa shape index (κ2) is 4.47. The lowest BCUT2D eigenvalue weighted by Gasteiger charge is -2.17. The minimum atomic E-state index is -3.01. The summed E-state index contributed by atoms with van der Waals surface area (Å²) in [5.41, 5.74) is 5.34. The van der Waals surface area contributed by atoms with E-state index in [4.69, 9.17) is 10.5 Å². The number of anilines is 1. The van der Waals surface area contributed by atoms with Gasteiger partial charge in [-0.2, -0.15) is 0 Å². The van der Waals surface area contributed by atoms with Crippen LogP contribution in [0.15, 0.2) is 18.8 Å². The Bertz CT molecular complexity index is 399. The van der Waals surface area contributed by atoms with Gasteiger partial charge in [-0.05, 0) is 13.0 Å². The highest BCUT2D eigenvalue weighted by molar-refractivity contribution is 5.62. The van der Waals surface area contributed by atoms with Gasteiger partial charge in [-0.25, -0.2) is 13.8 Å². The summed E-state index contributed by atoms with van der Waals surface area (Å²) in [6.07, 6.45) is 1.25. The smallest absolute Gasteiger partial charge is 0.271 e. The van der Waals surface area contributed by atoms with Gasteiger partial charge >= 0.3 is 0 Å². The van der Waals surface area contributed by atoms with Crippen LogP contribution in [0.2, 0.25) is 0 Å². The monoisotopic (exact) mass is 228 g/mol. The number of nitrogens with zero attached hydrogens (tertiary/aromatic N) is 1. The molecule has 0 aliphatic heterocycles. The Morgan fingerprint density at radius 3 is 2.75 bits per heavy atom. The fourth-order valence-corrected chi connectivity index (χ4v) is 1.31. The van der Waals surface area contributed by atoms with Crippen LogP contribution in [0.1, 0.15) is 25.0 Å². The Kier molecular flexibility index (Phi) is 3.47. The van der Waals surface area contributed by atoms with E-state index >= 15 is 0 Å². The number of rotatable bonds is 4. The van der Waals surface area contributed by atoms with Gasteiger partial charge in [0.15, 0.2) is 0 Å². The number of alkyl halides is 2. The van der Waals surface area contributed by atoms with E-state index < -0.39 is 5.92 Å². The molecule has 0 aliphatic carbocycles. The van der Waals surface area contributed by atoms with Crippen molar-refractivity contribution in [3.05, 3.63) is 30.0 Å². The molecule has 0 amide bonds. The maximum Gasteiger partial charge on any atom is 0.271 e. The summed E-state index contributed by atoms with van der Waals surface area (Å²) < 4.78 is 31.7. The lowest BCUT2D eigenvalue weighted by Crippen LogP contribution is -2.12. The number of pyridine rings is 1. The van der Waals surface area contributed by atoms with Crippen LogP contribution in [0.4, 0.5) is 14.6 Å². The standard InChI is InChI=1S/C11H14F2N2O/c1-4-16-7(2)8-6-15-10(14)5-9(8)11(3,12)13/h5-6H,2,4H2,1,3H3,(H2,14,15). The topological polar surface area (TPSA) is 48.1 Å². The maximum absolute atomic E-state index is 13.3. The molecule has 0 unspecified atom stereocenters. The van der Waals surface area contributed by atoms with Gasteiger partial charge in [0.05, 0.1) is 6.61 Å². The largest absolute Gasteiger partial charge is 0.494 e. The third kappa shape index (κ3) is 2.68. The van der Waals surface area contributed by atoms with Crippen LogP contribution in [-0.2, 0) is 10.7 Å². The second-order valence-corrected chi connectivity index (χ2v) is 3.40. The highest BCUT2D eigenvalue weighted by Gasteiger charge is 2.29. The van der Waals surface area contributed by atoms with Gasteiger partial charge in [-0.15, -0.1) is 0 Å². The summed E-state index contributed by atoms with van der Waals surface area (Å²) in [7, 11) is 0. The molecule has 5 heteroatoms. The lowest BCUT2D eigenvalue weighted by atomic mass is 10.0. The molecule has 0 saturated carbocycles. The van der Waals surface area contributed by atoms with Crippen molar-refractivity contribution in [3.63, 3.8) is 0 Å². The first-order chi connectivity index (χ1) is 7.36. The van der Waals surface area contributed by atoms with E-state index in [2.05, 4.69) is 11.6 Å². The molecule has 3 nitrogen and oxygen atoms in total. The first kappa shape index (κ1) is 12.4. The fourth-order valence-electron chi connectivity index (χ4n) is 1.31. The number of hydrogen-bond donors (Lipinski definition) is 1. The number of halogens is 2. The van der Waals surface area contributed by atoms with Crippen molar-refractivity contribution >= 4 is 11.6 Å². The van der Waals surface area contributed by atoms with E-state index in [9.17, 15) is 8.78 Å². The van der Waals surface area contributed by atoms with Crippen molar-refractivity contribution in [2.24, 2.45) is 0 Å². The van der Waals surface area contributed by atoms with Gasteiger partial charge in [-0.3, -0.25) is 0 Å². The van der Waals surface area contributed by atoms with Crippen molar-refractivity contribution in [2.75, 3.05) is 12.3 Å². The molecule has 0 bridgehead atoms. The molecule has 0 saturated heterocycles. The third-order valence-electron chi connectivity index (χ3n) is 2.02. The molecule has 0 aliphatic rings. The van der Waals surface area contributed by atoms with Gasteiger partial charge in [0.1, 0.15) is 11.6 Å². The first-order valence-corrected chi connectivity index (χ1v) is 4.82. The predicted octanol–water partition coefficient (Wildman–Crippen LogP) is 2.78. The fraction of sp³-hybridized carbons (Fsp3) is 0.364. The van der Waals surface area contributed by atoms with Gasteiger partial charge in [0.2, 0.25) is 0 Å². The maximum atomic E-state index is 13.3. The third-order valence-corrected chi connectivity index (χ3v) is 2.02. The molecule has 16 heavy (non-hydrogen) atoms. The summed E-state index contributed by atoms with van der Waals surface area (Å²) >= 11 is 0. The van der Waals surface area contributed by atoms with Gasteiger partial charge in [0, 0.05) is 24.2 Å². The highest BCUT2D eigenvalue weighted by atomic mass is 19.3. The van der Waals surface area contributed by atoms with E-state index in [1.54, 1.807) is 6.92 Å². The quantitative estimate of drug-likeness (QED) is 0.806. The average molecular weight is 228 g/mol. The zero-order valence-electron chi connectivity index (χ0n) is 9.26. The molecular formula is C11H14F2N2O. The van der Waals surface area contributed by atoms with Gasteiger partial charge in [0.25, 0.3) is 5.92 Å². The van der Waals surface area contributed by atoms with E-state index in [1.807, 2.05) is 0 Å². The van der Waals surface area contributed by atoms with E-state index in [-0.39, 0.29) is 22.7 Å². The first-order valence-electron chi connectivity index (χ1n) is 4.82. The van der Waals surface area contributed by atoms with E-state index in [0.717, 1.165) is 13.0 Å². The minimum Gasteiger partial charge on any atom is -0.494 e. The van der Waals surface area contributed by atoms with Crippen molar-refractivity contribution < 1.29 is 13.5 Å². The predicted molar refractivity (Wildman–Crippen MR) is 58.9 cm³/mol. The molecule has 1 heterocycles. The highest BCUT2D eigenvalue weighted by Crippen LogP contribution is 2.33. The summed E-state index contributed by atoms with van der Waals surface area (Å²) in [5, 5.41) is 0. The van der Waals surface area contributed by atoms with E-state index in [1.165, 1.54) is 6.20 Å². The Balaban J connectivity index is 3.23. The second-order valence-electron chi connectivity index (χ2n) is 3.40. The number of nitrogen functional groups attached to an aromatic ring is 1.